The van der Waals surface area contributed by atoms with Crippen LogP contribution in [0.2, 0.25) is 0 Å². The van der Waals surface area contributed by atoms with Gasteiger partial charge in [0, 0.05) is 16.7 Å². The zero-order chi connectivity index (χ0) is 11.5. The molecule has 1 aromatic rings. The molecule has 0 atom stereocenters. The van der Waals surface area contributed by atoms with Gasteiger partial charge in [-0.15, -0.1) is 0 Å². The number of halogens is 1. The van der Waals surface area contributed by atoms with Gasteiger partial charge in [-0.25, -0.2) is 4.98 Å². The third kappa shape index (κ3) is 2.52. The Labute approximate surface area is 102 Å². The molecule has 1 heterocycles. The molecule has 0 N–H and O–H groups in total. The number of hydrogen-bond donors (Lipinski definition) is 0. The Morgan fingerprint density at radius 1 is 1.50 bits per heavy atom. The monoisotopic (exact) mass is 285 g/mol. The second kappa shape index (κ2) is 4.82. The Morgan fingerprint density at radius 3 is 2.81 bits per heavy atom. The van der Waals surface area contributed by atoms with Gasteiger partial charge < -0.3 is 9.47 Å². The molecule has 2 rings (SSSR count). The molecule has 0 bridgehead atoms. The molecular weight excluding hydrogens is 274 g/mol. The molecule has 0 radical (unpaired) electrons. The van der Waals surface area contributed by atoms with Crippen molar-refractivity contribution in [2.24, 2.45) is 5.92 Å². The van der Waals surface area contributed by atoms with E-state index in [-0.39, 0.29) is 18.0 Å². The summed E-state index contributed by atoms with van der Waals surface area (Å²) in [6.07, 6.45) is 3.19. The Balaban J connectivity index is 1.81. The lowest BCUT2D eigenvalue weighted by Gasteiger charge is -2.32. The minimum atomic E-state index is -0.149. The predicted octanol–water partition coefficient (Wildman–Crippen LogP) is 2.17. The molecule has 86 valence electrons. The number of carbonyl (C=O) groups is 1. The van der Waals surface area contributed by atoms with Gasteiger partial charge in [-0.3, -0.25) is 4.79 Å². The van der Waals surface area contributed by atoms with Gasteiger partial charge in [0.2, 0.25) is 5.88 Å². The van der Waals surface area contributed by atoms with Crippen molar-refractivity contribution in [1.82, 2.24) is 4.98 Å². The molecule has 5 heteroatoms. The van der Waals surface area contributed by atoms with Crippen LogP contribution in [0.5, 0.6) is 5.88 Å². The van der Waals surface area contributed by atoms with E-state index in [0.717, 1.165) is 4.47 Å². The molecule has 16 heavy (non-hydrogen) atoms. The molecule has 1 saturated carbocycles. The Bertz CT molecular complexity index is 373. The maximum absolute atomic E-state index is 11.1. The minimum absolute atomic E-state index is 0.00884. The SMILES string of the molecule is COC(=O)C1CC(Oc2ccc(Br)cn2)C1. The quantitative estimate of drug-likeness (QED) is 0.799. The number of esters is 1. The van der Waals surface area contributed by atoms with Crippen LogP contribution in [0.3, 0.4) is 0 Å². The summed E-state index contributed by atoms with van der Waals surface area (Å²) in [7, 11) is 1.41. The second-order valence-corrected chi connectivity index (χ2v) is 4.66. The van der Waals surface area contributed by atoms with Gasteiger partial charge in [-0.05, 0) is 34.8 Å². The number of rotatable bonds is 3. The summed E-state index contributed by atoms with van der Waals surface area (Å²) in [5.74, 6) is 0.436. The molecular formula is C11H12BrNO3. The molecule has 1 aliphatic carbocycles. The fourth-order valence-electron chi connectivity index (χ4n) is 1.62. The van der Waals surface area contributed by atoms with E-state index in [1.54, 1.807) is 12.3 Å². The van der Waals surface area contributed by atoms with Crippen LogP contribution in [0.15, 0.2) is 22.8 Å². The average Bonchev–Trinajstić information content (AvgIpc) is 2.24. The molecule has 0 spiro atoms. The number of carbonyl (C=O) groups excluding carboxylic acids is 1. The standard InChI is InChI=1S/C11H12BrNO3/c1-15-11(14)7-4-9(5-7)16-10-3-2-8(12)6-13-10/h2-3,6-7,9H,4-5H2,1H3. The fraction of sp³-hybridized carbons (Fsp3) is 0.455. The summed E-state index contributed by atoms with van der Waals surface area (Å²) >= 11 is 3.30. The molecule has 1 aromatic heterocycles. The van der Waals surface area contributed by atoms with Crippen LogP contribution in [-0.4, -0.2) is 24.2 Å². The topological polar surface area (TPSA) is 48.4 Å². The summed E-state index contributed by atoms with van der Waals surface area (Å²) in [4.78, 5) is 15.2. The van der Waals surface area contributed by atoms with Crippen LogP contribution < -0.4 is 4.74 Å². The molecule has 1 fully saturated rings. The molecule has 0 aromatic carbocycles. The average molecular weight is 286 g/mol. The smallest absolute Gasteiger partial charge is 0.308 e. The maximum atomic E-state index is 11.1. The largest absolute Gasteiger partial charge is 0.474 e. The van der Waals surface area contributed by atoms with E-state index in [1.807, 2.05) is 6.07 Å². The highest BCUT2D eigenvalue weighted by molar-refractivity contribution is 9.10. The van der Waals surface area contributed by atoms with E-state index >= 15 is 0 Å². The summed E-state index contributed by atoms with van der Waals surface area (Å²) in [6.45, 7) is 0. The summed E-state index contributed by atoms with van der Waals surface area (Å²) < 4.78 is 11.2. The first-order valence-electron chi connectivity index (χ1n) is 5.05. The van der Waals surface area contributed by atoms with Gasteiger partial charge in [0.05, 0.1) is 13.0 Å². The van der Waals surface area contributed by atoms with E-state index < -0.39 is 0 Å². The number of pyridine rings is 1. The number of methoxy groups -OCH3 is 1. The van der Waals surface area contributed by atoms with Gasteiger partial charge in [-0.2, -0.15) is 0 Å². The second-order valence-electron chi connectivity index (χ2n) is 3.75. The van der Waals surface area contributed by atoms with Crippen molar-refractivity contribution in [3.63, 3.8) is 0 Å². The normalized spacial score (nSPS) is 23.4. The van der Waals surface area contributed by atoms with Gasteiger partial charge in [0.1, 0.15) is 6.10 Å². The van der Waals surface area contributed by atoms with Crippen LogP contribution in [0.1, 0.15) is 12.8 Å². The highest BCUT2D eigenvalue weighted by Crippen LogP contribution is 2.31. The van der Waals surface area contributed by atoms with Gasteiger partial charge in [-0.1, -0.05) is 0 Å². The lowest BCUT2D eigenvalue weighted by molar-refractivity contribution is -0.151. The van der Waals surface area contributed by atoms with Crippen LogP contribution in [0, 0.1) is 5.92 Å². The number of ether oxygens (including phenoxy) is 2. The number of aromatic nitrogens is 1. The van der Waals surface area contributed by atoms with Crippen molar-refractivity contribution in [1.29, 1.82) is 0 Å². The van der Waals surface area contributed by atoms with Crippen LogP contribution in [0.4, 0.5) is 0 Å². The molecule has 0 amide bonds. The van der Waals surface area contributed by atoms with Crippen molar-refractivity contribution in [2.75, 3.05) is 7.11 Å². The zero-order valence-corrected chi connectivity index (χ0v) is 10.4. The number of hydrogen-bond acceptors (Lipinski definition) is 4. The maximum Gasteiger partial charge on any atom is 0.308 e. The first-order valence-corrected chi connectivity index (χ1v) is 5.84. The summed E-state index contributed by atoms with van der Waals surface area (Å²) in [5, 5.41) is 0. The van der Waals surface area contributed by atoms with E-state index in [1.165, 1.54) is 7.11 Å². The van der Waals surface area contributed by atoms with Gasteiger partial charge >= 0.3 is 5.97 Å². The van der Waals surface area contributed by atoms with Gasteiger partial charge in [0.15, 0.2) is 0 Å². The van der Waals surface area contributed by atoms with Crippen molar-refractivity contribution < 1.29 is 14.3 Å². The third-order valence-corrected chi connectivity index (χ3v) is 3.09. The van der Waals surface area contributed by atoms with Crippen molar-refractivity contribution in [2.45, 2.75) is 18.9 Å². The molecule has 0 aliphatic heterocycles. The van der Waals surface area contributed by atoms with Crippen LogP contribution in [-0.2, 0) is 9.53 Å². The summed E-state index contributed by atoms with van der Waals surface area (Å²) in [6, 6.07) is 3.67. The molecule has 0 saturated heterocycles. The summed E-state index contributed by atoms with van der Waals surface area (Å²) in [5.41, 5.74) is 0. The zero-order valence-electron chi connectivity index (χ0n) is 8.85. The minimum Gasteiger partial charge on any atom is -0.474 e. The van der Waals surface area contributed by atoms with Crippen LogP contribution >= 0.6 is 15.9 Å². The lowest BCUT2D eigenvalue weighted by Crippen LogP contribution is -2.38. The van der Waals surface area contributed by atoms with E-state index in [0.29, 0.717) is 18.7 Å². The fourth-order valence-corrected chi connectivity index (χ4v) is 1.86. The van der Waals surface area contributed by atoms with Crippen molar-refractivity contribution in [3.05, 3.63) is 22.8 Å². The third-order valence-electron chi connectivity index (χ3n) is 2.62. The lowest BCUT2D eigenvalue weighted by atomic mass is 9.82. The molecule has 0 unspecified atom stereocenters. The Hall–Kier alpha value is -1.10. The highest BCUT2D eigenvalue weighted by atomic mass is 79.9. The van der Waals surface area contributed by atoms with Gasteiger partial charge in [0.25, 0.3) is 0 Å². The first kappa shape index (κ1) is 11.4. The molecule has 4 nitrogen and oxygen atoms in total. The van der Waals surface area contributed by atoms with Crippen molar-refractivity contribution in [3.8, 4) is 5.88 Å². The van der Waals surface area contributed by atoms with Crippen molar-refractivity contribution >= 4 is 21.9 Å². The van der Waals surface area contributed by atoms with E-state index in [2.05, 4.69) is 25.7 Å². The van der Waals surface area contributed by atoms with Crippen LogP contribution in [0.25, 0.3) is 0 Å². The Morgan fingerprint density at radius 2 is 2.25 bits per heavy atom. The first-order chi connectivity index (χ1) is 7.69. The number of nitrogens with zero attached hydrogens (tertiary/aromatic N) is 1. The highest BCUT2D eigenvalue weighted by Gasteiger charge is 2.37. The Kier molecular flexibility index (Phi) is 3.43. The van der Waals surface area contributed by atoms with E-state index in [9.17, 15) is 4.79 Å². The van der Waals surface area contributed by atoms with E-state index in [4.69, 9.17) is 4.74 Å². The molecule has 1 aliphatic rings. The predicted molar refractivity (Wildman–Crippen MR) is 61.1 cm³/mol.